The van der Waals surface area contributed by atoms with E-state index in [-0.39, 0.29) is 62.1 Å². The van der Waals surface area contributed by atoms with Gasteiger partial charge in [0.05, 0.1) is 47.5 Å². The highest BCUT2D eigenvalue weighted by atomic mass is 127. The van der Waals surface area contributed by atoms with E-state index in [2.05, 4.69) is 39.7 Å². The van der Waals surface area contributed by atoms with Crippen molar-refractivity contribution in [3.8, 4) is 17.2 Å². The number of nitrogens with one attached hydrogen (secondary N) is 1. The van der Waals surface area contributed by atoms with E-state index in [1.54, 1.807) is 52.8 Å². The summed E-state index contributed by atoms with van der Waals surface area (Å²) in [5, 5.41) is 50.6. The molecule has 10 atom stereocenters. The number of Topliss-reactive ketones (excluding diaryl/α,β-unsaturated/α-hetero) is 1. The number of ketones is 1. The number of amides is 1. The van der Waals surface area contributed by atoms with Crippen molar-refractivity contribution in [1.29, 1.82) is 0 Å². The number of halogens is 1. The number of phenols is 2. The summed E-state index contributed by atoms with van der Waals surface area (Å²) in [5.74, 6) is -8.67. The maximum Gasteiger partial charge on any atom is 0.317 e. The molecule has 0 aliphatic carbocycles. The quantitative estimate of drug-likeness (QED) is 0.0724. The number of piperidine rings is 1. The van der Waals surface area contributed by atoms with Gasteiger partial charge in [0.25, 0.3) is 11.7 Å². The number of ether oxygens (including phenoxy) is 5. The minimum Gasteiger partial charge on any atom is -0.507 e. The second kappa shape index (κ2) is 21.2. The van der Waals surface area contributed by atoms with Gasteiger partial charge >= 0.3 is 17.7 Å². The topological polar surface area (TPSA) is 235 Å². The molecule has 1 unspecified atom stereocenters. The number of aliphatic hydroxyl groups excluding tert-OH is 2. The van der Waals surface area contributed by atoms with Gasteiger partial charge in [-0.1, -0.05) is 89.3 Å². The molecule has 6 rings (SSSR count). The zero-order valence-corrected chi connectivity index (χ0v) is 43.0. The molecule has 372 valence electrons. The molecule has 0 saturated carbocycles. The number of benzene rings is 2. The number of alkyl halides is 1. The van der Waals surface area contributed by atoms with Crippen LogP contribution in [0.3, 0.4) is 0 Å². The van der Waals surface area contributed by atoms with E-state index in [9.17, 15) is 39.6 Å². The van der Waals surface area contributed by atoms with Gasteiger partial charge in [0.15, 0.2) is 11.4 Å². The third-order valence-electron chi connectivity index (χ3n) is 13.6. The second-order valence-electron chi connectivity index (χ2n) is 19.5. The maximum absolute atomic E-state index is 14.9. The van der Waals surface area contributed by atoms with Crippen LogP contribution in [0, 0.1) is 36.5 Å². The van der Waals surface area contributed by atoms with Gasteiger partial charge in [0, 0.05) is 90.6 Å². The first-order valence-corrected chi connectivity index (χ1v) is 24.6. The monoisotopic (exact) mass is 1060 g/mol. The van der Waals surface area contributed by atoms with E-state index in [0.717, 1.165) is 6.54 Å². The van der Waals surface area contributed by atoms with Crippen LogP contribution in [0.15, 0.2) is 46.1 Å². The van der Waals surface area contributed by atoms with Crippen molar-refractivity contribution in [3.05, 3.63) is 58.0 Å². The fraction of sp³-hybridized carbons (Fsp3) is 0.600. The summed E-state index contributed by atoms with van der Waals surface area (Å²) in [5.41, 5.74) is -0.719. The molecular formula is C50H67IN4O13. The van der Waals surface area contributed by atoms with Crippen LogP contribution in [0.1, 0.15) is 97.5 Å². The minimum absolute atomic E-state index is 0.00210. The summed E-state index contributed by atoms with van der Waals surface area (Å²) >= 11 is 2.39. The third kappa shape index (κ3) is 10.7. The number of esters is 2. The Labute approximate surface area is 410 Å². The Morgan fingerprint density at radius 3 is 2.24 bits per heavy atom. The summed E-state index contributed by atoms with van der Waals surface area (Å²) in [4.78, 5) is 67.4. The lowest BCUT2D eigenvalue weighted by Gasteiger charge is -2.38. The van der Waals surface area contributed by atoms with Crippen LogP contribution in [0.4, 0.5) is 5.69 Å². The molecule has 17 nitrogen and oxygen atoms in total. The summed E-state index contributed by atoms with van der Waals surface area (Å²) in [6.45, 7) is 19.6. The Kier molecular flexibility index (Phi) is 16.4. The Hall–Kier alpha value is -4.63. The minimum atomic E-state index is -2.02. The predicted molar refractivity (Wildman–Crippen MR) is 261 cm³/mol. The summed E-state index contributed by atoms with van der Waals surface area (Å²) in [6, 6.07) is 0. The SMILES string of the molecule is CO[C@H]1/C=C/O[C@@]2(C)Oc3c(C)c(O)c4c(O)c(c5c(c4c3C2=O)=NC2(CCN(CC(C)I)CC2)N=5)NC(=O)/C(C)=C\C=C\[C@H](C)[C@H](O)[C@@H](C)[C@@H](O)[C@@H](C)[C@H](OC(=O)CC(=O)OCC(C)C)[C@@H]1C. The lowest BCUT2D eigenvalue weighted by atomic mass is 9.78. The van der Waals surface area contributed by atoms with E-state index in [0.29, 0.717) is 29.9 Å². The number of fused-ring (bicyclic) bond motifs is 1. The lowest BCUT2D eigenvalue weighted by molar-refractivity contribution is -0.168. The van der Waals surface area contributed by atoms with Crippen molar-refractivity contribution in [2.45, 2.75) is 128 Å². The lowest BCUT2D eigenvalue weighted by Crippen LogP contribution is -2.47. The molecule has 1 spiro atoms. The molecular weight excluding hydrogens is 991 g/mol. The summed E-state index contributed by atoms with van der Waals surface area (Å²) in [6.07, 6.45) is 3.57. The van der Waals surface area contributed by atoms with E-state index < -0.39 is 101 Å². The number of carbonyl (C=O) groups is 4. The van der Waals surface area contributed by atoms with Gasteiger partial charge in [-0.3, -0.25) is 29.2 Å². The maximum atomic E-state index is 14.9. The summed E-state index contributed by atoms with van der Waals surface area (Å²) < 4.78 is 29.9. The first kappa shape index (κ1) is 52.7. The molecule has 2 aromatic carbocycles. The van der Waals surface area contributed by atoms with E-state index in [4.69, 9.17) is 33.7 Å². The number of carbonyl (C=O) groups excluding carboxylic acids is 4. The standard InChI is InChI=1S/C50H67IN4O13/c1-24(2)23-65-33(56)21-34(57)67-45-28(6)32(64-11)15-20-66-49(10)47(62)37-35-36(43(60)31(9)46(37)68-49)44(61)40(39-38(35)53-50(54-39)16-18-55(19-17-50)22-27(5)51)52-48(63)26(4)14-12-13-25(3)41(58)29(7)42(59)30(45)8/h12-15,20,24-25,27-30,32,41-42,45,58-61H,16-19,21-23H2,1-11H3,(H,52,63)/b13-12+,20-15+,26-14-/t25-,27?,28+,29+,30+,32-,41-,42+,45+,49-/m0/s1. The molecule has 1 saturated heterocycles. The van der Waals surface area contributed by atoms with Crippen LogP contribution in [0.5, 0.6) is 17.2 Å². The number of hydrogen-bond acceptors (Lipinski definition) is 16. The van der Waals surface area contributed by atoms with Gasteiger partial charge in [-0.2, -0.15) is 0 Å². The van der Waals surface area contributed by atoms with Crippen LogP contribution < -0.4 is 20.8 Å². The number of methoxy groups -OCH3 is 1. The van der Waals surface area contributed by atoms with Gasteiger partial charge in [-0.15, -0.1) is 0 Å². The van der Waals surface area contributed by atoms with Crippen molar-refractivity contribution in [3.63, 3.8) is 0 Å². The highest BCUT2D eigenvalue weighted by Crippen LogP contribution is 2.50. The highest BCUT2D eigenvalue weighted by Gasteiger charge is 2.50. The first-order valence-electron chi connectivity index (χ1n) is 23.3. The van der Waals surface area contributed by atoms with Crippen molar-refractivity contribution in [2.24, 2.45) is 39.6 Å². The molecule has 1 amide bonds. The second-order valence-corrected chi connectivity index (χ2v) is 21.6. The van der Waals surface area contributed by atoms with Crippen LogP contribution in [-0.2, 0) is 33.3 Å². The normalized spacial score (nSPS) is 30.9. The van der Waals surface area contributed by atoms with Crippen LogP contribution >= 0.6 is 22.6 Å². The Morgan fingerprint density at radius 2 is 1.60 bits per heavy atom. The number of phenolic OH excluding ortho intramolecular Hbond substituents is 2. The molecule has 0 radical (unpaired) electrons. The average molecular weight is 1060 g/mol. The van der Waals surface area contributed by atoms with Gasteiger partial charge in [-0.05, 0) is 25.8 Å². The average Bonchev–Trinajstić information content (AvgIpc) is 3.79. The van der Waals surface area contributed by atoms with E-state index >= 15 is 0 Å². The molecule has 2 aromatic rings. The number of rotatable bonds is 8. The molecule has 4 bridgehead atoms. The molecule has 4 aliphatic heterocycles. The van der Waals surface area contributed by atoms with Gasteiger partial charge in [-0.25, -0.2) is 0 Å². The number of nitrogens with zero attached hydrogens (tertiary/aromatic N) is 3. The van der Waals surface area contributed by atoms with Crippen molar-refractivity contribution in [2.75, 3.05) is 38.7 Å². The smallest absolute Gasteiger partial charge is 0.317 e. The number of anilines is 1. The number of likely N-dealkylation sites (tertiary alicyclic amines) is 1. The van der Waals surface area contributed by atoms with Crippen LogP contribution in [0.25, 0.3) is 10.8 Å². The Morgan fingerprint density at radius 1 is 0.941 bits per heavy atom. The fourth-order valence-corrected chi connectivity index (χ4v) is 10.0. The Bertz CT molecular complexity index is 2520. The molecule has 0 aromatic heterocycles. The molecule has 1 fully saturated rings. The van der Waals surface area contributed by atoms with Crippen LogP contribution in [0.2, 0.25) is 0 Å². The number of aromatic hydroxyl groups is 2. The highest BCUT2D eigenvalue weighted by molar-refractivity contribution is 14.1. The van der Waals surface area contributed by atoms with Gasteiger partial charge in [0.2, 0.25) is 0 Å². The molecule has 4 heterocycles. The number of aliphatic hydroxyl groups is 2. The fourth-order valence-electron chi connectivity index (χ4n) is 9.47. The number of allylic oxidation sites excluding steroid dienone is 2. The van der Waals surface area contributed by atoms with Crippen molar-refractivity contribution >= 4 is 62.7 Å². The van der Waals surface area contributed by atoms with E-state index in [1.807, 2.05) is 13.8 Å². The molecule has 68 heavy (non-hydrogen) atoms. The third-order valence-corrected chi connectivity index (χ3v) is 14.0. The summed E-state index contributed by atoms with van der Waals surface area (Å²) in [7, 11) is 1.42. The van der Waals surface area contributed by atoms with Crippen molar-refractivity contribution in [1.82, 2.24) is 4.90 Å². The van der Waals surface area contributed by atoms with E-state index in [1.165, 1.54) is 33.3 Å². The molecule has 5 N–H and O–H groups in total. The number of hydrogen-bond donors (Lipinski definition) is 5. The Balaban J connectivity index is 1.48. The zero-order valence-electron chi connectivity index (χ0n) is 40.8. The van der Waals surface area contributed by atoms with Gasteiger partial charge in [0.1, 0.15) is 35.1 Å². The molecule has 4 aliphatic rings. The van der Waals surface area contributed by atoms with Crippen molar-refractivity contribution < 1.29 is 63.3 Å². The predicted octanol–water partition coefficient (Wildman–Crippen LogP) is 5.49. The largest absolute Gasteiger partial charge is 0.507 e. The molecule has 18 heteroatoms. The first-order chi connectivity index (χ1) is 31.9. The van der Waals surface area contributed by atoms with Crippen LogP contribution in [-0.4, -0.2) is 122 Å². The van der Waals surface area contributed by atoms with Gasteiger partial charge < -0.3 is 54.3 Å². The zero-order chi connectivity index (χ0) is 50.2.